The van der Waals surface area contributed by atoms with E-state index in [-0.39, 0.29) is 18.1 Å². The molecule has 23 heavy (non-hydrogen) atoms. The van der Waals surface area contributed by atoms with E-state index >= 15 is 0 Å². The van der Waals surface area contributed by atoms with Gasteiger partial charge in [0.25, 0.3) is 0 Å². The Kier molecular flexibility index (Phi) is 4.46. The fraction of sp³-hybridized carbons (Fsp3) is 0.444. The van der Waals surface area contributed by atoms with Gasteiger partial charge in [0, 0.05) is 31.6 Å². The van der Waals surface area contributed by atoms with E-state index in [0.717, 1.165) is 24.4 Å². The second-order valence-electron chi connectivity index (χ2n) is 6.25. The fourth-order valence-electron chi connectivity index (χ4n) is 3.90. The lowest BCUT2D eigenvalue weighted by Crippen LogP contribution is -2.47. The second kappa shape index (κ2) is 6.53. The molecule has 1 aromatic rings. The molecule has 3 unspecified atom stereocenters. The molecule has 0 aromatic heterocycles. The lowest BCUT2D eigenvalue weighted by molar-refractivity contribution is -0.0000339. The van der Waals surface area contributed by atoms with E-state index in [0.29, 0.717) is 13.0 Å². The Balaban J connectivity index is 1.97. The minimum Gasteiger partial charge on any atom is -0.393 e. The number of nitriles is 1. The quantitative estimate of drug-likeness (QED) is 0.684. The molecule has 0 radical (unpaired) electrons. The topological polar surface area (TPSA) is 62.9 Å². The average molecular weight is 310 g/mol. The summed E-state index contributed by atoms with van der Waals surface area (Å²) in [5.41, 5.74) is 3.40. The van der Waals surface area contributed by atoms with Gasteiger partial charge in [0.1, 0.15) is 0 Å². The zero-order chi connectivity index (χ0) is 16.4. The first-order valence-electron chi connectivity index (χ1n) is 7.93. The van der Waals surface area contributed by atoms with E-state index < -0.39 is 0 Å². The highest BCUT2D eigenvalue weighted by atomic mass is 16.3. The first-order chi connectivity index (χ1) is 11.2. The number of aliphatic imine (C=N–C) groups is 1. The number of aliphatic hydroxyl groups excluding tert-OH is 1. The number of aliphatic hydroxyl groups is 1. The zero-order valence-electron chi connectivity index (χ0n) is 13.4. The lowest BCUT2D eigenvalue weighted by Gasteiger charge is -2.41. The molecule has 2 aliphatic rings. The van der Waals surface area contributed by atoms with Crippen molar-refractivity contribution in [2.45, 2.75) is 18.6 Å². The molecule has 1 aromatic carbocycles. The van der Waals surface area contributed by atoms with E-state index in [1.807, 2.05) is 19.2 Å². The summed E-state index contributed by atoms with van der Waals surface area (Å²) < 4.78 is 0. The van der Waals surface area contributed by atoms with Crippen LogP contribution in [0.15, 0.2) is 35.5 Å². The molecule has 1 saturated heterocycles. The number of fused-ring (bicyclic) bond motifs is 1. The molecule has 5 heteroatoms. The van der Waals surface area contributed by atoms with Gasteiger partial charge in [0.15, 0.2) is 0 Å². The maximum absolute atomic E-state index is 10.6. The third kappa shape index (κ3) is 2.76. The molecule has 0 bridgehead atoms. The summed E-state index contributed by atoms with van der Waals surface area (Å²) in [4.78, 5) is 8.25. The highest BCUT2D eigenvalue weighted by Gasteiger charge is 2.42. The summed E-state index contributed by atoms with van der Waals surface area (Å²) in [6.07, 6.45) is 2.13. The van der Waals surface area contributed by atoms with Crippen molar-refractivity contribution >= 4 is 12.4 Å². The van der Waals surface area contributed by atoms with Gasteiger partial charge in [-0.05, 0) is 18.7 Å². The third-order valence-corrected chi connectivity index (χ3v) is 4.97. The zero-order valence-corrected chi connectivity index (χ0v) is 13.4. The molecule has 1 N–H and O–H groups in total. The lowest BCUT2D eigenvalue weighted by atomic mass is 9.84. The van der Waals surface area contributed by atoms with Gasteiger partial charge in [-0.1, -0.05) is 24.3 Å². The number of hydrogen-bond acceptors (Lipinski definition) is 5. The maximum Gasteiger partial charge on any atom is 0.0866 e. The van der Waals surface area contributed by atoms with Crippen molar-refractivity contribution in [1.29, 1.82) is 5.26 Å². The van der Waals surface area contributed by atoms with Gasteiger partial charge in [-0.15, -0.1) is 0 Å². The van der Waals surface area contributed by atoms with Gasteiger partial charge in [-0.25, -0.2) is 0 Å². The molecule has 3 rings (SSSR count). The molecular formula is C18H22N4O. The molecule has 0 saturated carbocycles. The Labute approximate surface area is 137 Å². The first-order valence-corrected chi connectivity index (χ1v) is 7.93. The van der Waals surface area contributed by atoms with Crippen LogP contribution in [0.5, 0.6) is 0 Å². The minimum atomic E-state index is -0.360. The molecule has 5 nitrogen and oxygen atoms in total. The van der Waals surface area contributed by atoms with Crippen LogP contribution in [0.1, 0.15) is 23.6 Å². The molecule has 120 valence electrons. The van der Waals surface area contributed by atoms with Crippen LogP contribution in [0.3, 0.4) is 0 Å². The molecule has 2 aliphatic heterocycles. The molecular weight excluding hydrogens is 288 g/mol. The number of hydrogen-bond donors (Lipinski definition) is 1. The summed E-state index contributed by atoms with van der Waals surface area (Å²) in [6.45, 7) is 5.50. The molecule has 0 aliphatic carbocycles. The van der Waals surface area contributed by atoms with Crippen LogP contribution in [0.2, 0.25) is 0 Å². The number of piperidine rings is 1. The van der Waals surface area contributed by atoms with Crippen LogP contribution < -0.4 is 0 Å². The summed E-state index contributed by atoms with van der Waals surface area (Å²) in [5.74, 6) is 0.0685. The number of benzene rings is 1. The van der Waals surface area contributed by atoms with Gasteiger partial charge < -0.3 is 10.0 Å². The van der Waals surface area contributed by atoms with Gasteiger partial charge in [0.05, 0.1) is 36.7 Å². The molecule has 2 heterocycles. The van der Waals surface area contributed by atoms with Crippen LogP contribution in [-0.4, -0.2) is 54.4 Å². The number of rotatable bonds is 3. The number of nitrogens with zero attached hydrogens (tertiary/aromatic N) is 4. The van der Waals surface area contributed by atoms with E-state index in [9.17, 15) is 5.11 Å². The minimum absolute atomic E-state index is 0.0685. The predicted molar refractivity (Wildman–Crippen MR) is 90.6 cm³/mol. The van der Waals surface area contributed by atoms with Gasteiger partial charge >= 0.3 is 0 Å². The van der Waals surface area contributed by atoms with Crippen LogP contribution in [-0.2, 0) is 0 Å². The Morgan fingerprint density at radius 1 is 1.48 bits per heavy atom. The molecule has 0 spiro atoms. The van der Waals surface area contributed by atoms with E-state index in [1.54, 1.807) is 6.20 Å². The Hall–Kier alpha value is -2.16. The van der Waals surface area contributed by atoms with Crippen molar-refractivity contribution in [2.24, 2.45) is 10.9 Å². The predicted octanol–water partition coefficient (Wildman–Crippen LogP) is 1.88. The van der Waals surface area contributed by atoms with Gasteiger partial charge in [-0.3, -0.25) is 9.89 Å². The highest BCUT2D eigenvalue weighted by Crippen LogP contribution is 2.46. The van der Waals surface area contributed by atoms with Crippen molar-refractivity contribution in [3.8, 4) is 6.07 Å². The van der Waals surface area contributed by atoms with Crippen molar-refractivity contribution in [3.63, 3.8) is 0 Å². The third-order valence-electron chi connectivity index (χ3n) is 4.97. The number of likely N-dealkylation sites (tertiary alicyclic amines) is 1. The molecule has 1 fully saturated rings. The largest absolute Gasteiger partial charge is 0.393 e. The molecule has 0 amide bonds. The average Bonchev–Trinajstić information content (AvgIpc) is 2.83. The maximum atomic E-state index is 10.6. The Morgan fingerprint density at radius 3 is 3.00 bits per heavy atom. The van der Waals surface area contributed by atoms with E-state index in [2.05, 4.69) is 39.7 Å². The Morgan fingerprint density at radius 2 is 2.26 bits per heavy atom. The highest BCUT2D eigenvalue weighted by molar-refractivity contribution is 5.72. The first kappa shape index (κ1) is 15.7. The summed E-state index contributed by atoms with van der Waals surface area (Å²) in [7, 11) is 2.04. The van der Waals surface area contributed by atoms with Crippen molar-refractivity contribution < 1.29 is 5.11 Å². The summed E-state index contributed by atoms with van der Waals surface area (Å²) >= 11 is 0. The normalized spacial score (nSPS) is 29.3. The van der Waals surface area contributed by atoms with E-state index in [4.69, 9.17) is 5.26 Å². The summed E-state index contributed by atoms with van der Waals surface area (Å²) in [6, 6.07) is 10.6. The van der Waals surface area contributed by atoms with E-state index in [1.165, 1.54) is 5.56 Å². The Bertz CT molecular complexity index is 663. The van der Waals surface area contributed by atoms with Crippen LogP contribution in [0.25, 0.3) is 5.70 Å². The summed E-state index contributed by atoms with van der Waals surface area (Å²) in [5, 5.41) is 19.5. The SMILES string of the molecule is C=N/C=C1/c2ccccc2C(C2CN(CC#N)CCC2O)N1C. The standard InChI is InChI=1S/C18H22N4O/c1-20-11-16-13-5-3-4-6-14(13)18(21(16)2)15-12-22(10-8-19)9-7-17(15)23/h3-6,11,15,17-18,23H,1,7,9-10,12H2,2H3/b16-11-. The van der Waals surface area contributed by atoms with Gasteiger partial charge in [0.2, 0.25) is 0 Å². The van der Waals surface area contributed by atoms with Crippen molar-refractivity contribution in [3.05, 3.63) is 41.6 Å². The van der Waals surface area contributed by atoms with Crippen molar-refractivity contribution in [1.82, 2.24) is 9.80 Å². The van der Waals surface area contributed by atoms with Crippen LogP contribution in [0, 0.1) is 17.2 Å². The van der Waals surface area contributed by atoms with Crippen LogP contribution in [0.4, 0.5) is 0 Å². The molecule has 3 atom stereocenters. The fourth-order valence-corrected chi connectivity index (χ4v) is 3.90. The second-order valence-corrected chi connectivity index (χ2v) is 6.25. The van der Waals surface area contributed by atoms with Crippen LogP contribution >= 0.6 is 0 Å². The van der Waals surface area contributed by atoms with Gasteiger partial charge in [-0.2, -0.15) is 5.26 Å². The monoisotopic (exact) mass is 310 g/mol. The van der Waals surface area contributed by atoms with Crippen molar-refractivity contribution in [2.75, 3.05) is 26.7 Å². The smallest absolute Gasteiger partial charge is 0.0866 e.